The molecule has 5 rings (SSSR count). The second-order valence-corrected chi connectivity index (χ2v) is 9.61. The van der Waals surface area contributed by atoms with Gasteiger partial charge in [-0.2, -0.15) is 0 Å². The number of aromatic amines is 1. The number of nitrogens with one attached hydrogen (secondary N) is 2. The van der Waals surface area contributed by atoms with E-state index in [1.54, 1.807) is 0 Å². The average Bonchev–Trinajstić information content (AvgIpc) is 2.83. The lowest BCUT2D eigenvalue weighted by molar-refractivity contribution is -0.116. The van der Waals surface area contributed by atoms with E-state index in [-0.39, 0.29) is 11.3 Å². The number of anilines is 1. The molecule has 1 aromatic heterocycles. The molecule has 0 spiro atoms. The Labute approximate surface area is 206 Å². The molecule has 0 bridgehead atoms. The van der Waals surface area contributed by atoms with Crippen LogP contribution in [0.15, 0.2) is 69.8 Å². The van der Waals surface area contributed by atoms with Crippen molar-refractivity contribution in [2.24, 2.45) is 0 Å². The first kappa shape index (κ1) is 22.7. The summed E-state index contributed by atoms with van der Waals surface area (Å²) in [6.07, 6.45) is 2.03. The zero-order valence-corrected chi connectivity index (χ0v) is 20.3. The number of ketones is 1. The third kappa shape index (κ3) is 4.38. The maximum Gasteiger partial charge on any atom is 0.257 e. The topological polar surface area (TPSA) is 84.1 Å². The summed E-state index contributed by atoms with van der Waals surface area (Å²) in [5, 5.41) is 4.50. The molecule has 0 saturated carbocycles. The Kier molecular flexibility index (Phi) is 6.48. The highest BCUT2D eigenvalue weighted by Gasteiger charge is 2.37. The molecule has 2 aromatic carbocycles. The molecule has 34 heavy (non-hydrogen) atoms. The summed E-state index contributed by atoms with van der Waals surface area (Å²) in [6, 6.07) is 15.2. The van der Waals surface area contributed by atoms with Gasteiger partial charge in [-0.25, -0.2) is 4.98 Å². The van der Waals surface area contributed by atoms with Crippen molar-refractivity contribution in [1.82, 2.24) is 9.97 Å². The Morgan fingerprint density at radius 1 is 1.12 bits per heavy atom. The van der Waals surface area contributed by atoms with Gasteiger partial charge in [0.05, 0.1) is 12.2 Å². The molecule has 0 fully saturated rings. The first-order valence-corrected chi connectivity index (χ1v) is 12.7. The number of carbonyl (C=O) groups is 1. The molecule has 1 unspecified atom stereocenters. The molecule has 1 aliphatic heterocycles. The number of halogens is 1. The summed E-state index contributed by atoms with van der Waals surface area (Å²) in [6.45, 7) is 2.50. The zero-order valence-electron chi connectivity index (χ0n) is 18.7. The zero-order chi connectivity index (χ0) is 23.7. The van der Waals surface area contributed by atoms with Crippen molar-refractivity contribution in [2.45, 2.75) is 43.0 Å². The largest absolute Gasteiger partial charge is 0.494 e. The van der Waals surface area contributed by atoms with Gasteiger partial charge in [-0.05, 0) is 49.1 Å². The maximum atomic E-state index is 13.4. The number of thioether (sulfide) groups is 1. The summed E-state index contributed by atoms with van der Waals surface area (Å²) >= 11 is 7.70. The quantitative estimate of drug-likeness (QED) is 0.339. The minimum atomic E-state index is -0.464. The van der Waals surface area contributed by atoms with E-state index in [0.717, 1.165) is 35.4 Å². The normalized spacial score (nSPS) is 17.1. The summed E-state index contributed by atoms with van der Waals surface area (Å²) in [5.74, 6) is 1.46. The van der Waals surface area contributed by atoms with Gasteiger partial charge in [0.15, 0.2) is 10.9 Å². The van der Waals surface area contributed by atoms with Crippen molar-refractivity contribution in [3.05, 3.63) is 91.9 Å². The van der Waals surface area contributed by atoms with Crippen LogP contribution in [0.5, 0.6) is 5.75 Å². The number of aromatic nitrogens is 2. The third-order valence-electron chi connectivity index (χ3n) is 6.08. The second-order valence-electron chi connectivity index (χ2n) is 8.24. The number of Topliss-reactive ketones (excluding diaryl/α,β-unsaturated/α-hetero) is 1. The second kappa shape index (κ2) is 9.68. The first-order valence-electron chi connectivity index (χ1n) is 11.3. The van der Waals surface area contributed by atoms with Gasteiger partial charge in [0.25, 0.3) is 5.56 Å². The molecule has 8 heteroatoms. The van der Waals surface area contributed by atoms with Crippen molar-refractivity contribution in [3.63, 3.8) is 0 Å². The molecule has 3 aromatic rings. The predicted molar refractivity (Wildman–Crippen MR) is 135 cm³/mol. The maximum absolute atomic E-state index is 13.4. The average molecular weight is 494 g/mol. The van der Waals surface area contributed by atoms with Crippen LogP contribution in [0.1, 0.15) is 48.8 Å². The van der Waals surface area contributed by atoms with E-state index >= 15 is 0 Å². The van der Waals surface area contributed by atoms with Gasteiger partial charge in [-0.15, -0.1) is 0 Å². The fourth-order valence-electron chi connectivity index (χ4n) is 4.53. The number of benzene rings is 2. The van der Waals surface area contributed by atoms with Crippen LogP contribution in [0.25, 0.3) is 0 Å². The fraction of sp³-hybridized carbons (Fsp3) is 0.269. The molecule has 0 amide bonds. The van der Waals surface area contributed by atoms with Crippen LogP contribution in [0.3, 0.4) is 0 Å². The highest BCUT2D eigenvalue weighted by Crippen LogP contribution is 2.43. The highest BCUT2D eigenvalue weighted by molar-refractivity contribution is 7.98. The Morgan fingerprint density at radius 3 is 2.68 bits per heavy atom. The molecule has 2 heterocycles. The van der Waals surface area contributed by atoms with Gasteiger partial charge in [0, 0.05) is 34.4 Å². The summed E-state index contributed by atoms with van der Waals surface area (Å²) in [4.78, 5) is 34.0. The van der Waals surface area contributed by atoms with Gasteiger partial charge in [0.2, 0.25) is 0 Å². The van der Waals surface area contributed by atoms with Crippen molar-refractivity contribution in [2.75, 3.05) is 11.9 Å². The number of carbonyl (C=O) groups excluding carboxylic acids is 1. The number of nitrogens with zero attached hydrogens (tertiary/aromatic N) is 1. The highest BCUT2D eigenvalue weighted by atomic mass is 35.5. The molecular formula is C26H24ClN3O3S. The van der Waals surface area contributed by atoms with E-state index in [1.165, 1.54) is 11.8 Å². The Balaban J connectivity index is 1.54. The smallest absolute Gasteiger partial charge is 0.257 e. The van der Waals surface area contributed by atoms with Crippen LogP contribution in [0.4, 0.5) is 5.82 Å². The van der Waals surface area contributed by atoms with E-state index in [1.807, 2.05) is 55.5 Å². The lowest BCUT2D eigenvalue weighted by atomic mass is 9.76. The first-order chi connectivity index (χ1) is 16.5. The molecule has 1 atom stereocenters. The fourth-order valence-corrected chi connectivity index (χ4v) is 5.67. The molecule has 174 valence electrons. The Hall–Kier alpha value is -3.03. The molecule has 2 aliphatic rings. The third-order valence-corrected chi connectivity index (χ3v) is 7.37. The van der Waals surface area contributed by atoms with E-state index in [4.69, 9.17) is 21.3 Å². The van der Waals surface area contributed by atoms with E-state index in [0.29, 0.717) is 45.9 Å². The molecule has 2 N–H and O–H groups in total. The van der Waals surface area contributed by atoms with Crippen LogP contribution >= 0.6 is 23.4 Å². The van der Waals surface area contributed by atoms with Crippen molar-refractivity contribution >= 4 is 35.0 Å². The van der Waals surface area contributed by atoms with Crippen LogP contribution in [0, 0.1) is 0 Å². The molecule has 6 nitrogen and oxygen atoms in total. The van der Waals surface area contributed by atoms with Gasteiger partial charge in [-0.1, -0.05) is 53.7 Å². The van der Waals surface area contributed by atoms with Crippen LogP contribution in [-0.2, 0) is 10.5 Å². The lowest BCUT2D eigenvalue weighted by Gasteiger charge is -2.32. The minimum Gasteiger partial charge on any atom is -0.494 e. The van der Waals surface area contributed by atoms with Crippen LogP contribution in [-0.4, -0.2) is 22.4 Å². The van der Waals surface area contributed by atoms with Gasteiger partial charge >= 0.3 is 0 Å². The van der Waals surface area contributed by atoms with Crippen LogP contribution in [0.2, 0.25) is 5.02 Å². The number of allylic oxidation sites excluding steroid dienone is 2. The molecule has 0 saturated heterocycles. The lowest BCUT2D eigenvalue weighted by Crippen LogP contribution is -2.32. The molecular weight excluding hydrogens is 470 g/mol. The minimum absolute atomic E-state index is 0.0786. The number of H-pyrrole nitrogens is 1. The van der Waals surface area contributed by atoms with E-state index in [9.17, 15) is 9.59 Å². The van der Waals surface area contributed by atoms with Gasteiger partial charge in [0.1, 0.15) is 11.6 Å². The number of hydrogen-bond donors (Lipinski definition) is 2. The van der Waals surface area contributed by atoms with Crippen molar-refractivity contribution in [3.8, 4) is 5.75 Å². The molecule has 0 radical (unpaired) electrons. The number of fused-ring (bicyclic) bond motifs is 1. The summed E-state index contributed by atoms with van der Waals surface area (Å²) in [5.41, 5.74) is 3.60. The molecule has 1 aliphatic carbocycles. The van der Waals surface area contributed by atoms with E-state index in [2.05, 4.69) is 10.3 Å². The predicted octanol–water partition coefficient (Wildman–Crippen LogP) is 5.68. The Bertz CT molecular complexity index is 1330. The van der Waals surface area contributed by atoms with Crippen LogP contribution < -0.4 is 15.6 Å². The summed E-state index contributed by atoms with van der Waals surface area (Å²) < 4.78 is 5.57. The van der Waals surface area contributed by atoms with E-state index < -0.39 is 5.92 Å². The number of hydrogen-bond acceptors (Lipinski definition) is 6. The Morgan fingerprint density at radius 2 is 1.91 bits per heavy atom. The monoisotopic (exact) mass is 493 g/mol. The summed E-state index contributed by atoms with van der Waals surface area (Å²) in [7, 11) is 0. The standard InChI is InChI=1S/C26H24ClN3O3S/c1-2-33-17-12-10-15(11-13-17)21-22-19(8-5-9-20(22)31)28-24-23(21)25(32)30-26(29-24)34-14-16-6-3-4-7-18(16)27/h3-4,6-7,10-13,21H,2,5,8-9,14H2,1H3,(H2,28,29,30,32). The number of rotatable bonds is 6. The van der Waals surface area contributed by atoms with Crippen molar-refractivity contribution in [1.29, 1.82) is 0 Å². The number of ether oxygens (including phenoxy) is 1. The van der Waals surface area contributed by atoms with Crippen molar-refractivity contribution < 1.29 is 9.53 Å². The van der Waals surface area contributed by atoms with Gasteiger partial charge < -0.3 is 15.0 Å². The van der Waals surface area contributed by atoms with Gasteiger partial charge in [-0.3, -0.25) is 9.59 Å². The SMILES string of the molecule is CCOc1ccc(C2C3=C(CCCC3=O)Nc3nc(SCc4ccccc4Cl)[nH]c(=O)c32)cc1.